The van der Waals surface area contributed by atoms with Gasteiger partial charge in [0.05, 0.1) is 13.7 Å². The second kappa shape index (κ2) is 5.84. The van der Waals surface area contributed by atoms with Crippen molar-refractivity contribution < 1.29 is 4.74 Å². The van der Waals surface area contributed by atoms with Gasteiger partial charge in [-0.05, 0) is 18.1 Å². The Balaban J connectivity index is 2.33. The van der Waals surface area contributed by atoms with Crippen molar-refractivity contribution in [3.05, 3.63) is 41.0 Å². The van der Waals surface area contributed by atoms with Gasteiger partial charge in [0, 0.05) is 19.0 Å². The Bertz CT molecular complexity index is 563. The molecule has 0 unspecified atom stereocenters. The van der Waals surface area contributed by atoms with Gasteiger partial charge in [-0.25, -0.2) is 4.98 Å². The maximum atomic E-state index is 5.56. The van der Waals surface area contributed by atoms with Gasteiger partial charge in [0.1, 0.15) is 11.6 Å². The van der Waals surface area contributed by atoms with Crippen LogP contribution in [0.15, 0.2) is 18.2 Å². The molecule has 0 aliphatic heterocycles. The third-order valence-corrected chi connectivity index (χ3v) is 3.18. The number of nitrogens with zero attached hydrogens (tertiary/aromatic N) is 3. The van der Waals surface area contributed by atoms with Crippen LogP contribution in [0.4, 0.5) is 0 Å². The zero-order valence-corrected chi connectivity index (χ0v) is 11.7. The highest BCUT2D eigenvalue weighted by Crippen LogP contribution is 2.22. The lowest BCUT2D eigenvalue weighted by Crippen LogP contribution is -2.02. The predicted molar refractivity (Wildman–Crippen MR) is 74.1 cm³/mol. The van der Waals surface area contributed by atoms with Crippen LogP contribution in [0.2, 0.25) is 0 Å². The van der Waals surface area contributed by atoms with Crippen LogP contribution in [-0.2, 0) is 26.4 Å². The highest BCUT2D eigenvalue weighted by molar-refractivity contribution is 5.39. The van der Waals surface area contributed by atoms with Gasteiger partial charge < -0.3 is 10.5 Å². The zero-order chi connectivity index (χ0) is 13.8. The van der Waals surface area contributed by atoms with Crippen LogP contribution in [0.3, 0.4) is 0 Å². The molecule has 2 N–H and O–H groups in total. The molecular formula is C14H20N4O. The van der Waals surface area contributed by atoms with Gasteiger partial charge >= 0.3 is 0 Å². The van der Waals surface area contributed by atoms with E-state index in [0.29, 0.717) is 18.8 Å². The fourth-order valence-electron chi connectivity index (χ4n) is 2.08. The molecule has 0 bridgehead atoms. The van der Waals surface area contributed by atoms with E-state index in [-0.39, 0.29) is 0 Å². The van der Waals surface area contributed by atoms with E-state index >= 15 is 0 Å². The van der Waals surface area contributed by atoms with E-state index in [9.17, 15) is 0 Å². The number of ether oxygens (including phenoxy) is 1. The molecule has 102 valence electrons. The summed E-state index contributed by atoms with van der Waals surface area (Å²) in [5, 5.41) is 4.26. The predicted octanol–water partition coefficient (Wildman–Crippen LogP) is 1.44. The fraction of sp³-hybridized carbons (Fsp3) is 0.429. The van der Waals surface area contributed by atoms with E-state index in [1.54, 1.807) is 11.8 Å². The smallest absolute Gasteiger partial charge is 0.164 e. The van der Waals surface area contributed by atoms with Crippen LogP contribution in [0, 0.1) is 0 Å². The second-order valence-corrected chi connectivity index (χ2v) is 4.45. The third kappa shape index (κ3) is 2.93. The van der Waals surface area contributed by atoms with E-state index in [0.717, 1.165) is 23.6 Å². The maximum Gasteiger partial charge on any atom is 0.164 e. The minimum absolute atomic E-state index is 0.361. The average Bonchev–Trinajstić information content (AvgIpc) is 2.79. The van der Waals surface area contributed by atoms with Crippen LogP contribution < -0.4 is 10.5 Å². The Morgan fingerprint density at radius 2 is 2.16 bits per heavy atom. The minimum atomic E-state index is 0.361. The molecule has 0 aliphatic rings. The number of methoxy groups -OCH3 is 1. The largest absolute Gasteiger partial charge is 0.496 e. The number of benzene rings is 1. The topological polar surface area (TPSA) is 66.0 Å². The van der Waals surface area contributed by atoms with E-state index < -0.39 is 0 Å². The standard InChI is InChI=1S/C14H20N4O/c1-4-10-5-6-12(19-3)11(7-10)8-14-16-13(9-15)17-18(14)2/h5-7H,4,8-9,15H2,1-3H3. The SMILES string of the molecule is CCc1ccc(OC)c(Cc2nc(CN)nn2C)c1. The highest BCUT2D eigenvalue weighted by atomic mass is 16.5. The number of aromatic nitrogens is 3. The fourth-order valence-corrected chi connectivity index (χ4v) is 2.08. The summed E-state index contributed by atoms with van der Waals surface area (Å²) in [7, 11) is 3.57. The molecular weight excluding hydrogens is 240 g/mol. The summed E-state index contributed by atoms with van der Waals surface area (Å²) in [6.45, 7) is 2.50. The lowest BCUT2D eigenvalue weighted by Gasteiger charge is -2.09. The van der Waals surface area contributed by atoms with Gasteiger partial charge in [0.15, 0.2) is 5.82 Å². The van der Waals surface area contributed by atoms with E-state index in [4.69, 9.17) is 10.5 Å². The number of rotatable bonds is 5. The minimum Gasteiger partial charge on any atom is -0.496 e. The zero-order valence-electron chi connectivity index (χ0n) is 11.7. The summed E-state index contributed by atoms with van der Waals surface area (Å²) < 4.78 is 7.19. The van der Waals surface area contributed by atoms with Gasteiger partial charge in [-0.1, -0.05) is 19.1 Å². The van der Waals surface area contributed by atoms with Crippen LogP contribution in [0.5, 0.6) is 5.75 Å². The molecule has 2 aromatic rings. The maximum absolute atomic E-state index is 5.56. The molecule has 0 amide bonds. The van der Waals surface area contributed by atoms with Crippen molar-refractivity contribution in [2.75, 3.05) is 7.11 Å². The number of nitrogens with two attached hydrogens (primary N) is 1. The first-order valence-corrected chi connectivity index (χ1v) is 6.42. The summed E-state index contributed by atoms with van der Waals surface area (Å²) in [6.07, 6.45) is 1.70. The van der Waals surface area contributed by atoms with Crippen LogP contribution in [0.25, 0.3) is 0 Å². The van der Waals surface area contributed by atoms with Crippen molar-refractivity contribution in [1.82, 2.24) is 14.8 Å². The second-order valence-electron chi connectivity index (χ2n) is 4.45. The normalized spacial score (nSPS) is 10.7. The van der Waals surface area contributed by atoms with Crippen molar-refractivity contribution in [1.29, 1.82) is 0 Å². The summed E-state index contributed by atoms with van der Waals surface area (Å²) in [5.74, 6) is 2.45. The van der Waals surface area contributed by atoms with Crippen molar-refractivity contribution in [3.8, 4) is 5.75 Å². The molecule has 0 aliphatic carbocycles. The molecule has 0 radical (unpaired) electrons. The first-order valence-electron chi connectivity index (χ1n) is 6.42. The first kappa shape index (κ1) is 13.5. The van der Waals surface area contributed by atoms with Gasteiger partial charge in [0.2, 0.25) is 0 Å². The molecule has 1 aromatic heterocycles. The third-order valence-electron chi connectivity index (χ3n) is 3.18. The van der Waals surface area contributed by atoms with Gasteiger partial charge in [0.25, 0.3) is 0 Å². The van der Waals surface area contributed by atoms with Crippen LogP contribution >= 0.6 is 0 Å². The van der Waals surface area contributed by atoms with Crippen LogP contribution in [0.1, 0.15) is 29.7 Å². The van der Waals surface area contributed by atoms with Gasteiger partial charge in [-0.2, -0.15) is 5.10 Å². The van der Waals surface area contributed by atoms with Crippen molar-refractivity contribution >= 4 is 0 Å². The van der Waals surface area contributed by atoms with E-state index in [1.165, 1.54) is 5.56 Å². The van der Waals surface area contributed by atoms with Gasteiger partial charge in [-0.3, -0.25) is 4.68 Å². The molecule has 0 saturated carbocycles. The average molecular weight is 260 g/mol. The Morgan fingerprint density at radius 1 is 1.37 bits per heavy atom. The molecule has 0 atom stereocenters. The number of hydrogen-bond acceptors (Lipinski definition) is 4. The number of hydrogen-bond donors (Lipinski definition) is 1. The monoisotopic (exact) mass is 260 g/mol. The molecule has 0 fully saturated rings. The lowest BCUT2D eigenvalue weighted by atomic mass is 10.0. The molecule has 1 aromatic carbocycles. The molecule has 19 heavy (non-hydrogen) atoms. The molecule has 0 saturated heterocycles. The summed E-state index contributed by atoms with van der Waals surface area (Å²) >= 11 is 0. The molecule has 5 heteroatoms. The Morgan fingerprint density at radius 3 is 2.74 bits per heavy atom. The molecule has 1 heterocycles. The molecule has 5 nitrogen and oxygen atoms in total. The Hall–Kier alpha value is -1.88. The molecule has 2 rings (SSSR count). The summed E-state index contributed by atoms with van der Waals surface area (Å²) in [6, 6.07) is 6.26. The summed E-state index contributed by atoms with van der Waals surface area (Å²) in [4.78, 5) is 4.43. The van der Waals surface area contributed by atoms with Gasteiger partial charge in [-0.15, -0.1) is 0 Å². The Labute approximate surface area is 113 Å². The summed E-state index contributed by atoms with van der Waals surface area (Å²) in [5.41, 5.74) is 7.98. The van der Waals surface area contributed by atoms with E-state index in [1.807, 2.05) is 13.1 Å². The first-order chi connectivity index (χ1) is 9.17. The lowest BCUT2D eigenvalue weighted by molar-refractivity contribution is 0.410. The number of aryl methyl sites for hydroxylation is 2. The van der Waals surface area contributed by atoms with Crippen molar-refractivity contribution in [2.45, 2.75) is 26.3 Å². The van der Waals surface area contributed by atoms with E-state index in [2.05, 4.69) is 29.1 Å². The quantitative estimate of drug-likeness (QED) is 0.883. The van der Waals surface area contributed by atoms with Crippen molar-refractivity contribution in [2.24, 2.45) is 12.8 Å². The highest BCUT2D eigenvalue weighted by Gasteiger charge is 2.11. The Kier molecular flexibility index (Phi) is 4.16. The molecule has 0 spiro atoms. The van der Waals surface area contributed by atoms with Crippen LogP contribution in [-0.4, -0.2) is 21.9 Å². The van der Waals surface area contributed by atoms with Crippen molar-refractivity contribution in [3.63, 3.8) is 0 Å².